The molecule has 18 heavy (non-hydrogen) atoms. The van der Waals surface area contributed by atoms with Gasteiger partial charge in [-0.3, -0.25) is 4.99 Å². The van der Waals surface area contributed by atoms with Crippen LogP contribution in [-0.2, 0) is 4.74 Å². The smallest absolute Gasteiger partial charge is 0.193 e. The van der Waals surface area contributed by atoms with Crippen LogP contribution in [0.5, 0.6) is 0 Å². The van der Waals surface area contributed by atoms with E-state index in [9.17, 15) is 0 Å². The minimum atomic E-state index is 0. The zero-order valence-corrected chi connectivity index (χ0v) is 13.9. The van der Waals surface area contributed by atoms with Gasteiger partial charge in [-0.25, -0.2) is 0 Å². The van der Waals surface area contributed by atoms with Crippen molar-refractivity contribution in [3.05, 3.63) is 12.7 Å². The molecule has 0 amide bonds. The highest BCUT2D eigenvalue weighted by Gasteiger charge is 2.16. The molecule has 106 valence electrons. The van der Waals surface area contributed by atoms with Crippen LogP contribution < -0.4 is 5.32 Å². The Kier molecular flexibility index (Phi) is 10.4. The van der Waals surface area contributed by atoms with Crippen molar-refractivity contribution in [1.29, 1.82) is 0 Å². The fourth-order valence-electron chi connectivity index (χ4n) is 1.97. The first-order valence-electron chi connectivity index (χ1n) is 6.42. The van der Waals surface area contributed by atoms with Crippen LogP contribution >= 0.6 is 24.0 Å². The predicted octanol–water partition coefficient (Wildman–Crippen LogP) is 2.26. The van der Waals surface area contributed by atoms with Gasteiger partial charge in [0.25, 0.3) is 0 Å². The first-order valence-corrected chi connectivity index (χ1v) is 6.42. The van der Waals surface area contributed by atoms with E-state index in [0.717, 1.165) is 44.9 Å². The number of aliphatic imine (C=N–C) groups is 1. The van der Waals surface area contributed by atoms with E-state index < -0.39 is 0 Å². The third-order valence-electron chi connectivity index (χ3n) is 2.99. The Morgan fingerprint density at radius 3 is 2.94 bits per heavy atom. The number of nitrogens with one attached hydrogen (secondary N) is 1. The van der Waals surface area contributed by atoms with Gasteiger partial charge in [0.2, 0.25) is 0 Å². The highest BCUT2D eigenvalue weighted by Crippen LogP contribution is 2.10. The molecule has 0 aromatic rings. The summed E-state index contributed by atoms with van der Waals surface area (Å²) in [5.41, 5.74) is 0. The summed E-state index contributed by atoms with van der Waals surface area (Å²) in [6.45, 7) is 6.49. The van der Waals surface area contributed by atoms with Crippen molar-refractivity contribution in [1.82, 2.24) is 10.2 Å². The number of ether oxygens (including phenoxy) is 1. The Balaban J connectivity index is 0.00000289. The molecule has 5 heteroatoms. The molecular weight excluding hydrogens is 341 g/mol. The molecule has 1 N–H and O–H groups in total. The summed E-state index contributed by atoms with van der Waals surface area (Å²) >= 11 is 0. The van der Waals surface area contributed by atoms with Crippen molar-refractivity contribution in [3.63, 3.8) is 0 Å². The SMILES string of the molecule is C=CCCCN(C)C(=NC)NCC1CCCO1.I. The van der Waals surface area contributed by atoms with Crippen molar-refractivity contribution in [2.24, 2.45) is 4.99 Å². The lowest BCUT2D eigenvalue weighted by atomic mass is 10.2. The summed E-state index contributed by atoms with van der Waals surface area (Å²) in [6, 6.07) is 0. The van der Waals surface area contributed by atoms with Gasteiger partial charge in [0.1, 0.15) is 0 Å². The van der Waals surface area contributed by atoms with Crippen LogP contribution in [-0.4, -0.2) is 50.8 Å². The Hall–Kier alpha value is -0.300. The summed E-state index contributed by atoms with van der Waals surface area (Å²) in [5.74, 6) is 0.949. The molecule has 1 aliphatic heterocycles. The number of halogens is 1. The largest absolute Gasteiger partial charge is 0.376 e. The van der Waals surface area contributed by atoms with Crippen molar-refractivity contribution >= 4 is 29.9 Å². The topological polar surface area (TPSA) is 36.9 Å². The van der Waals surface area contributed by atoms with Gasteiger partial charge in [-0.15, -0.1) is 30.6 Å². The summed E-state index contributed by atoms with van der Waals surface area (Å²) in [4.78, 5) is 6.43. The quantitative estimate of drug-likeness (QED) is 0.257. The average molecular weight is 367 g/mol. The Labute approximate surface area is 128 Å². The summed E-state index contributed by atoms with van der Waals surface area (Å²) in [6.07, 6.45) is 6.81. The molecule has 0 radical (unpaired) electrons. The molecule has 1 aliphatic rings. The number of unbranched alkanes of at least 4 members (excludes halogenated alkanes) is 1. The zero-order chi connectivity index (χ0) is 12.5. The fraction of sp³-hybridized carbons (Fsp3) is 0.769. The molecule has 0 aromatic carbocycles. The molecule has 4 nitrogen and oxygen atoms in total. The lowest BCUT2D eigenvalue weighted by Crippen LogP contribution is -2.42. The number of rotatable bonds is 6. The maximum absolute atomic E-state index is 5.58. The van der Waals surface area contributed by atoms with Crippen LogP contribution in [0.3, 0.4) is 0 Å². The van der Waals surface area contributed by atoms with Gasteiger partial charge in [0, 0.05) is 33.8 Å². The lowest BCUT2D eigenvalue weighted by Gasteiger charge is -2.23. The normalized spacial score (nSPS) is 19.2. The number of allylic oxidation sites excluding steroid dienone is 1. The number of nitrogens with zero attached hydrogens (tertiary/aromatic N) is 2. The fourth-order valence-corrected chi connectivity index (χ4v) is 1.97. The standard InChI is InChI=1S/C13H25N3O.HI/c1-4-5-6-9-16(3)13(14-2)15-11-12-8-7-10-17-12;/h4,12H,1,5-11H2,2-3H3,(H,14,15);1H. The third kappa shape index (κ3) is 6.58. The highest BCUT2D eigenvalue weighted by atomic mass is 127. The number of hydrogen-bond donors (Lipinski definition) is 1. The van der Waals surface area contributed by atoms with Gasteiger partial charge in [-0.1, -0.05) is 6.08 Å². The van der Waals surface area contributed by atoms with E-state index in [4.69, 9.17) is 4.74 Å². The van der Waals surface area contributed by atoms with E-state index in [-0.39, 0.29) is 24.0 Å². The molecule has 1 saturated heterocycles. The molecular formula is C13H26IN3O. The maximum Gasteiger partial charge on any atom is 0.193 e. The van der Waals surface area contributed by atoms with Crippen LogP contribution in [0.15, 0.2) is 17.6 Å². The van der Waals surface area contributed by atoms with E-state index in [0.29, 0.717) is 6.10 Å². The van der Waals surface area contributed by atoms with E-state index in [1.807, 2.05) is 13.1 Å². The van der Waals surface area contributed by atoms with Gasteiger partial charge in [0.05, 0.1) is 6.10 Å². The maximum atomic E-state index is 5.58. The van der Waals surface area contributed by atoms with Gasteiger partial charge in [-0.05, 0) is 25.7 Å². The first kappa shape index (κ1) is 17.7. The second-order valence-corrected chi connectivity index (χ2v) is 4.42. The third-order valence-corrected chi connectivity index (χ3v) is 2.99. The van der Waals surface area contributed by atoms with Crippen LogP contribution in [0.25, 0.3) is 0 Å². The monoisotopic (exact) mass is 367 g/mol. The van der Waals surface area contributed by atoms with Crippen molar-refractivity contribution in [3.8, 4) is 0 Å². The summed E-state index contributed by atoms with van der Waals surface area (Å²) in [7, 11) is 3.88. The molecule has 0 spiro atoms. The van der Waals surface area contributed by atoms with E-state index in [2.05, 4.69) is 28.8 Å². The number of guanidine groups is 1. The van der Waals surface area contributed by atoms with Crippen molar-refractivity contribution in [2.75, 3.05) is 33.8 Å². The highest BCUT2D eigenvalue weighted by molar-refractivity contribution is 14.0. The summed E-state index contributed by atoms with van der Waals surface area (Å²) < 4.78 is 5.58. The zero-order valence-electron chi connectivity index (χ0n) is 11.5. The van der Waals surface area contributed by atoms with Gasteiger partial charge in [0.15, 0.2) is 5.96 Å². The van der Waals surface area contributed by atoms with Gasteiger partial charge >= 0.3 is 0 Å². The molecule has 0 saturated carbocycles. The van der Waals surface area contributed by atoms with Gasteiger partial charge < -0.3 is 15.0 Å². The predicted molar refractivity (Wildman–Crippen MR) is 87.8 cm³/mol. The molecule has 0 bridgehead atoms. The minimum Gasteiger partial charge on any atom is -0.376 e. The molecule has 0 aromatic heterocycles. The Morgan fingerprint density at radius 1 is 1.61 bits per heavy atom. The molecule has 1 unspecified atom stereocenters. The number of hydrogen-bond acceptors (Lipinski definition) is 2. The summed E-state index contributed by atoms with van der Waals surface area (Å²) in [5, 5.41) is 3.36. The van der Waals surface area contributed by atoms with E-state index >= 15 is 0 Å². The average Bonchev–Trinajstić information content (AvgIpc) is 2.83. The van der Waals surface area contributed by atoms with E-state index in [1.165, 1.54) is 6.42 Å². The van der Waals surface area contributed by atoms with Crippen molar-refractivity contribution < 1.29 is 4.74 Å². The molecule has 0 aliphatic carbocycles. The van der Waals surface area contributed by atoms with Gasteiger partial charge in [-0.2, -0.15) is 0 Å². The lowest BCUT2D eigenvalue weighted by molar-refractivity contribution is 0.113. The van der Waals surface area contributed by atoms with E-state index in [1.54, 1.807) is 0 Å². The van der Waals surface area contributed by atoms with Crippen LogP contribution in [0.2, 0.25) is 0 Å². The van der Waals surface area contributed by atoms with Crippen LogP contribution in [0, 0.1) is 0 Å². The minimum absolute atomic E-state index is 0. The molecule has 1 heterocycles. The van der Waals surface area contributed by atoms with Crippen LogP contribution in [0.1, 0.15) is 25.7 Å². The molecule has 1 atom stereocenters. The second kappa shape index (κ2) is 10.6. The molecule has 1 rings (SSSR count). The molecule has 1 fully saturated rings. The Morgan fingerprint density at radius 2 is 2.39 bits per heavy atom. The Bertz CT molecular complexity index is 253. The first-order chi connectivity index (χ1) is 8.27. The second-order valence-electron chi connectivity index (χ2n) is 4.42. The van der Waals surface area contributed by atoms with Crippen LogP contribution in [0.4, 0.5) is 0 Å². The van der Waals surface area contributed by atoms with Crippen molar-refractivity contribution in [2.45, 2.75) is 31.8 Å².